The van der Waals surface area contributed by atoms with E-state index in [1.165, 1.54) is 37.3 Å². The third kappa shape index (κ3) is 2.07. The molecule has 1 fully saturated rings. The van der Waals surface area contributed by atoms with Crippen molar-refractivity contribution in [1.29, 1.82) is 0 Å². The first-order valence-corrected chi connectivity index (χ1v) is 7.01. The van der Waals surface area contributed by atoms with E-state index in [4.69, 9.17) is 5.73 Å². The van der Waals surface area contributed by atoms with Gasteiger partial charge in [-0.15, -0.1) is 0 Å². The van der Waals surface area contributed by atoms with Crippen molar-refractivity contribution in [1.82, 2.24) is 4.90 Å². The van der Waals surface area contributed by atoms with Crippen LogP contribution in [0.4, 0.5) is 11.4 Å². The van der Waals surface area contributed by atoms with Gasteiger partial charge in [0.2, 0.25) is 0 Å². The lowest BCUT2D eigenvalue weighted by Crippen LogP contribution is -2.57. The third-order valence-corrected chi connectivity index (χ3v) is 4.11. The quantitative estimate of drug-likeness (QED) is 0.809. The van der Waals surface area contributed by atoms with Gasteiger partial charge in [-0.3, -0.25) is 4.90 Å². The molecule has 0 aromatic heterocycles. The summed E-state index contributed by atoms with van der Waals surface area (Å²) in [6.07, 6.45) is 1.18. The van der Waals surface area contributed by atoms with E-state index in [1.807, 2.05) is 6.07 Å². The molecule has 3 heteroatoms. The molecule has 0 radical (unpaired) electrons. The lowest BCUT2D eigenvalue weighted by atomic mass is 9.93. The third-order valence-electron chi connectivity index (χ3n) is 4.11. The predicted octanol–water partition coefficient (Wildman–Crippen LogP) is 1.97. The Balaban J connectivity index is 1.84. The zero-order chi connectivity index (χ0) is 12.7. The number of fused-ring (bicyclic) bond motifs is 4. The summed E-state index contributed by atoms with van der Waals surface area (Å²) in [6, 6.07) is 7.08. The topological polar surface area (TPSA) is 32.5 Å². The normalized spacial score (nSPS) is 23.3. The molecule has 18 heavy (non-hydrogen) atoms. The maximum Gasteiger partial charge on any atom is 0.0421 e. The Labute approximate surface area is 110 Å². The van der Waals surface area contributed by atoms with Crippen molar-refractivity contribution in [3.05, 3.63) is 23.8 Å². The van der Waals surface area contributed by atoms with E-state index in [-0.39, 0.29) is 0 Å². The highest BCUT2D eigenvalue weighted by molar-refractivity contribution is 5.63. The highest BCUT2D eigenvalue weighted by Gasteiger charge is 2.32. The number of anilines is 2. The van der Waals surface area contributed by atoms with Gasteiger partial charge < -0.3 is 10.6 Å². The fraction of sp³-hybridized carbons (Fsp3) is 0.600. The second-order valence-corrected chi connectivity index (χ2v) is 6.08. The molecule has 0 amide bonds. The predicted molar refractivity (Wildman–Crippen MR) is 77.0 cm³/mol. The molecule has 98 valence electrons. The number of hydrogen-bond acceptors (Lipinski definition) is 3. The second-order valence-electron chi connectivity index (χ2n) is 6.08. The van der Waals surface area contributed by atoms with E-state index in [1.54, 1.807) is 0 Å². The van der Waals surface area contributed by atoms with E-state index in [0.29, 0.717) is 6.04 Å². The van der Waals surface area contributed by atoms with Crippen LogP contribution >= 0.6 is 0 Å². The standard InChI is InChI=1S/C15H23N3/c1-11(2)9-17-5-6-18-10-14(17)7-12-3-4-13(16)8-15(12)18/h3-4,8,11,14H,5-7,9-10,16H2,1-2H3. The van der Waals surface area contributed by atoms with E-state index in [0.717, 1.165) is 18.2 Å². The van der Waals surface area contributed by atoms with Crippen LogP contribution in [0, 0.1) is 5.92 Å². The van der Waals surface area contributed by atoms with Gasteiger partial charge in [0, 0.05) is 43.6 Å². The molecule has 1 atom stereocenters. The van der Waals surface area contributed by atoms with Crippen LogP contribution in [0.3, 0.4) is 0 Å². The van der Waals surface area contributed by atoms with Crippen LogP contribution in [0.1, 0.15) is 19.4 Å². The molecule has 0 spiro atoms. The second kappa shape index (κ2) is 4.47. The molecule has 1 unspecified atom stereocenters. The summed E-state index contributed by atoms with van der Waals surface area (Å²) in [5, 5.41) is 0. The summed E-state index contributed by atoms with van der Waals surface area (Å²) in [5.74, 6) is 0.754. The first-order chi connectivity index (χ1) is 8.63. The Morgan fingerprint density at radius 1 is 1.33 bits per heavy atom. The fourth-order valence-corrected chi connectivity index (χ4v) is 3.32. The molecule has 2 heterocycles. The number of rotatable bonds is 2. The smallest absolute Gasteiger partial charge is 0.0421 e. The van der Waals surface area contributed by atoms with Gasteiger partial charge in [-0.25, -0.2) is 0 Å². The van der Waals surface area contributed by atoms with Crippen LogP contribution in [0.5, 0.6) is 0 Å². The van der Waals surface area contributed by atoms with Crippen molar-refractivity contribution >= 4 is 11.4 Å². The number of nitrogen functional groups attached to an aromatic ring is 1. The van der Waals surface area contributed by atoms with Gasteiger partial charge in [0.05, 0.1) is 0 Å². The summed E-state index contributed by atoms with van der Waals surface area (Å²) in [5.41, 5.74) is 9.63. The molecule has 2 bridgehead atoms. The van der Waals surface area contributed by atoms with E-state index in [9.17, 15) is 0 Å². The van der Waals surface area contributed by atoms with Gasteiger partial charge in [-0.05, 0) is 30.0 Å². The van der Waals surface area contributed by atoms with E-state index >= 15 is 0 Å². The summed E-state index contributed by atoms with van der Waals surface area (Å²) >= 11 is 0. The van der Waals surface area contributed by atoms with Gasteiger partial charge in [0.25, 0.3) is 0 Å². The first-order valence-electron chi connectivity index (χ1n) is 7.01. The molecule has 3 rings (SSSR count). The molecule has 2 aliphatic heterocycles. The molecule has 2 aliphatic rings. The van der Waals surface area contributed by atoms with Crippen molar-refractivity contribution in [2.45, 2.75) is 26.3 Å². The monoisotopic (exact) mass is 245 g/mol. The van der Waals surface area contributed by atoms with Crippen LogP contribution in [0.25, 0.3) is 0 Å². The number of nitrogens with two attached hydrogens (primary N) is 1. The Bertz CT molecular complexity index is 441. The van der Waals surface area contributed by atoms with Crippen molar-refractivity contribution in [2.24, 2.45) is 5.92 Å². The molecule has 1 aromatic carbocycles. The molecule has 0 aliphatic carbocycles. The van der Waals surface area contributed by atoms with Crippen LogP contribution < -0.4 is 10.6 Å². The largest absolute Gasteiger partial charge is 0.399 e. The maximum absolute atomic E-state index is 5.91. The van der Waals surface area contributed by atoms with Crippen LogP contribution in [-0.2, 0) is 6.42 Å². The highest BCUT2D eigenvalue weighted by atomic mass is 15.3. The summed E-state index contributed by atoms with van der Waals surface area (Å²) in [7, 11) is 0. The molecular weight excluding hydrogens is 222 g/mol. The molecular formula is C15H23N3. The molecule has 2 N–H and O–H groups in total. The molecule has 1 aromatic rings. The van der Waals surface area contributed by atoms with Gasteiger partial charge in [-0.2, -0.15) is 0 Å². The van der Waals surface area contributed by atoms with Crippen molar-refractivity contribution in [3.63, 3.8) is 0 Å². The van der Waals surface area contributed by atoms with Gasteiger partial charge in [0.15, 0.2) is 0 Å². The average Bonchev–Trinajstić information content (AvgIpc) is 2.33. The summed E-state index contributed by atoms with van der Waals surface area (Å²) in [6.45, 7) is 9.34. The average molecular weight is 245 g/mol. The zero-order valence-electron chi connectivity index (χ0n) is 11.4. The Morgan fingerprint density at radius 2 is 2.17 bits per heavy atom. The number of piperazine rings is 1. The Hall–Kier alpha value is -1.22. The van der Waals surface area contributed by atoms with Crippen molar-refractivity contribution in [2.75, 3.05) is 36.8 Å². The minimum absolute atomic E-state index is 0.692. The molecule has 3 nitrogen and oxygen atoms in total. The zero-order valence-corrected chi connectivity index (χ0v) is 11.4. The number of benzene rings is 1. The van der Waals surface area contributed by atoms with Crippen molar-refractivity contribution < 1.29 is 0 Å². The summed E-state index contributed by atoms with van der Waals surface area (Å²) in [4.78, 5) is 5.18. The van der Waals surface area contributed by atoms with Gasteiger partial charge >= 0.3 is 0 Å². The highest BCUT2D eigenvalue weighted by Crippen LogP contribution is 2.33. The fourth-order valence-electron chi connectivity index (χ4n) is 3.32. The SMILES string of the molecule is CC(C)CN1CCN2CC1Cc1ccc(N)cc12. The van der Waals surface area contributed by atoms with Crippen molar-refractivity contribution in [3.8, 4) is 0 Å². The molecule has 1 saturated heterocycles. The number of nitrogens with zero attached hydrogens (tertiary/aromatic N) is 2. The van der Waals surface area contributed by atoms with Gasteiger partial charge in [0.1, 0.15) is 0 Å². The van der Waals surface area contributed by atoms with E-state index in [2.05, 4.69) is 35.8 Å². The Kier molecular flexibility index (Phi) is 2.94. The number of hydrogen-bond donors (Lipinski definition) is 1. The van der Waals surface area contributed by atoms with Crippen LogP contribution in [0.2, 0.25) is 0 Å². The first kappa shape index (κ1) is 11.8. The lowest BCUT2D eigenvalue weighted by molar-refractivity contribution is 0.151. The Morgan fingerprint density at radius 3 is 2.94 bits per heavy atom. The van der Waals surface area contributed by atoms with Gasteiger partial charge in [-0.1, -0.05) is 19.9 Å². The lowest BCUT2D eigenvalue weighted by Gasteiger charge is -2.47. The van der Waals surface area contributed by atoms with Crippen LogP contribution in [-0.4, -0.2) is 37.1 Å². The summed E-state index contributed by atoms with van der Waals surface area (Å²) < 4.78 is 0. The van der Waals surface area contributed by atoms with E-state index < -0.39 is 0 Å². The minimum Gasteiger partial charge on any atom is -0.399 e. The minimum atomic E-state index is 0.692. The maximum atomic E-state index is 5.91. The molecule has 0 saturated carbocycles. The van der Waals surface area contributed by atoms with Crippen LogP contribution in [0.15, 0.2) is 18.2 Å².